The average molecular weight is 307 g/mol. The highest BCUT2D eigenvalue weighted by Gasteiger charge is 2.02. The van der Waals surface area contributed by atoms with Crippen LogP contribution in [0.5, 0.6) is 0 Å². The van der Waals surface area contributed by atoms with Crippen LogP contribution in [0.1, 0.15) is 11.3 Å². The highest BCUT2D eigenvalue weighted by atomic mass is 15.2. The van der Waals surface area contributed by atoms with Crippen molar-refractivity contribution in [3.63, 3.8) is 0 Å². The maximum atomic E-state index is 4.59. The second-order valence-electron chi connectivity index (χ2n) is 5.29. The maximum Gasteiger partial charge on any atom is 0.191 e. The SMILES string of the molecule is CN=C(NCCc1cn2ccccc2n1)NCc1ccccc1. The molecule has 0 aliphatic rings. The van der Waals surface area contributed by atoms with E-state index < -0.39 is 0 Å². The molecule has 2 aromatic heterocycles. The van der Waals surface area contributed by atoms with Gasteiger partial charge in [0.05, 0.1) is 5.69 Å². The molecule has 118 valence electrons. The van der Waals surface area contributed by atoms with Crippen molar-refractivity contribution in [2.45, 2.75) is 13.0 Å². The van der Waals surface area contributed by atoms with Gasteiger partial charge in [-0.1, -0.05) is 36.4 Å². The predicted molar refractivity (Wildman–Crippen MR) is 93.5 cm³/mol. The zero-order chi connectivity index (χ0) is 15.9. The first kappa shape index (κ1) is 15.1. The number of hydrogen-bond donors (Lipinski definition) is 2. The summed E-state index contributed by atoms with van der Waals surface area (Å²) in [4.78, 5) is 8.84. The minimum atomic E-state index is 0.759. The molecule has 2 heterocycles. The molecule has 0 radical (unpaired) electrons. The van der Waals surface area contributed by atoms with Crippen LogP contribution < -0.4 is 10.6 Å². The smallest absolute Gasteiger partial charge is 0.191 e. The second kappa shape index (κ2) is 7.45. The van der Waals surface area contributed by atoms with E-state index in [1.807, 2.05) is 47.0 Å². The van der Waals surface area contributed by atoms with Gasteiger partial charge >= 0.3 is 0 Å². The molecule has 5 heteroatoms. The van der Waals surface area contributed by atoms with E-state index in [4.69, 9.17) is 0 Å². The van der Waals surface area contributed by atoms with Crippen LogP contribution in [0.4, 0.5) is 0 Å². The Kier molecular flexibility index (Phi) is 4.88. The molecule has 0 atom stereocenters. The summed E-state index contributed by atoms with van der Waals surface area (Å²) in [6, 6.07) is 16.3. The molecule has 0 amide bonds. The summed E-state index contributed by atoms with van der Waals surface area (Å²) in [5.41, 5.74) is 3.28. The number of pyridine rings is 1. The minimum absolute atomic E-state index is 0.759. The van der Waals surface area contributed by atoms with E-state index in [9.17, 15) is 0 Å². The number of nitrogens with zero attached hydrogens (tertiary/aromatic N) is 3. The van der Waals surface area contributed by atoms with Crippen LogP contribution in [0.25, 0.3) is 5.65 Å². The van der Waals surface area contributed by atoms with E-state index in [0.717, 1.165) is 36.8 Å². The normalized spacial score (nSPS) is 11.6. The Morgan fingerprint density at radius 3 is 2.70 bits per heavy atom. The van der Waals surface area contributed by atoms with Gasteiger partial charge in [0, 0.05) is 39.0 Å². The topological polar surface area (TPSA) is 53.7 Å². The van der Waals surface area contributed by atoms with E-state index >= 15 is 0 Å². The number of imidazole rings is 1. The molecule has 5 nitrogen and oxygen atoms in total. The molecule has 0 unspecified atom stereocenters. The molecular formula is C18H21N5. The summed E-state index contributed by atoms with van der Waals surface area (Å²) in [5.74, 6) is 0.803. The first-order valence-corrected chi connectivity index (χ1v) is 7.76. The average Bonchev–Trinajstić information content (AvgIpc) is 3.01. The molecule has 0 bridgehead atoms. The van der Waals surface area contributed by atoms with Crippen LogP contribution in [0.3, 0.4) is 0 Å². The number of aromatic nitrogens is 2. The largest absolute Gasteiger partial charge is 0.356 e. The van der Waals surface area contributed by atoms with Crippen LogP contribution >= 0.6 is 0 Å². The van der Waals surface area contributed by atoms with E-state index in [1.165, 1.54) is 5.56 Å². The van der Waals surface area contributed by atoms with Gasteiger partial charge in [-0.05, 0) is 17.7 Å². The summed E-state index contributed by atoms with van der Waals surface area (Å²) in [7, 11) is 1.78. The third-order valence-corrected chi connectivity index (χ3v) is 3.61. The monoisotopic (exact) mass is 307 g/mol. The maximum absolute atomic E-state index is 4.59. The van der Waals surface area contributed by atoms with Gasteiger partial charge in [-0.25, -0.2) is 4.98 Å². The van der Waals surface area contributed by atoms with Gasteiger partial charge in [-0.15, -0.1) is 0 Å². The molecule has 0 spiro atoms. The lowest BCUT2D eigenvalue weighted by Gasteiger charge is -2.11. The number of benzene rings is 1. The fourth-order valence-corrected chi connectivity index (χ4v) is 2.42. The summed E-state index contributed by atoms with van der Waals surface area (Å²) < 4.78 is 2.04. The first-order valence-electron chi connectivity index (χ1n) is 7.76. The van der Waals surface area contributed by atoms with E-state index in [1.54, 1.807) is 7.05 Å². The molecule has 3 aromatic rings. The molecule has 23 heavy (non-hydrogen) atoms. The van der Waals surface area contributed by atoms with Gasteiger partial charge in [0.1, 0.15) is 5.65 Å². The summed E-state index contributed by atoms with van der Waals surface area (Å²) in [6.07, 6.45) is 4.94. The quantitative estimate of drug-likeness (QED) is 0.561. The lowest BCUT2D eigenvalue weighted by atomic mass is 10.2. The van der Waals surface area contributed by atoms with Crippen molar-refractivity contribution in [2.24, 2.45) is 4.99 Å². The van der Waals surface area contributed by atoms with Crippen molar-refractivity contribution in [3.05, 3.63) is 72.2 Å². The van der Waals surface area contributed by atoms with Crippen LogP contribution in [-0.4, -0.2) is 28.9 Å². The van der Waals surface area contributed by atoms with Gasteiger partial charge in [0.15, 0.2) is 5.96 Å². The number of hydrogen-bond acceptors (Lipinski definition) is 2. The third kappa shape index (κ3) is 4.10. The lowest BCUT2D eigenvalue weighted by Crippen LogP contribution is -2.37. The lowest BCUT2D eigenvalue weighted by molar-refractivity contribution is 0.787. The van der Waals surface area contributed by atoms with Crippen molar-refractivity contribution < 1.29 is 0 Å². The van der Waals surface area contributed by atoms with Gasteiger partial charge < -0.3 is 15.0 Å². The standard InChI is InChI=1S/C18H21N5/c1-19-18(21-13-15-7-3-2-4-8-15)20-11-10-16-14-23-12-6-5-9-17(23)22-16/h2-9,12,14H,10-11,13H2,1H3,(H2,19,20,21). The number of rotatable bonds is 5. The first-order chi connectivity index (χ1) is 11.3. The molecule has 0 aliphatic heterocycles. The number of guanidine groups is 1. The molecule has 0 saturated carbocycles. The van der Waals surface area contributed by atoms with Crippen molar-refractivity contribution in [3.8, 4) is 0 Å². The van der Waals surface area contributed by atoms with Crippen molar-refractivity contribution in [2.75, 3.05) is 13.6 Å². The highest BCUT2D eigenvalue weighted by Crippen LogP contribution is 2.04. The number of nitrogens with one attached hydrogen (secondary N) is 2. The molecule has 3 rings (SSSR count). The van der Waals surface area contributed by atoms with Gasteiger partial charge in [0.2, 0.25) is 0 Å². The minimum Gasteiger partial charge on any atom is -0.356 e. The second-order valence-corrected chi connectivity index (χ2v) is 5.29. The molecule has 0 aliphatic carbocycles. The Labute approximate surface area is 136 Å². The van der Waals surface area contributed by atoms with E-state index in [2.05, 4.69) is 38.9 Å². The number of aliphatic imine (C=N–C) groups is 1. The molecular weight excluding hydrogens is 286 g/mol. The summed E-state index contributed by atoms with van der Waals surface area (Å²) >= 11 is 0. The fraction of sp³-hybridized carbons (Fsp3) is 0.222. The van der Waals surface area contributed by atoms with Crippen LogP contribution in [0.15, 0.2) is 65.9 Å². The summed E-state index contributed by atoms with van der Waals surface area (Å²) in [6.45, 7) is 1.55. The summed E-state index contributed by atoms with van der Waals surface area (Å²) in [5, 5.41) is 6.63. The van der Waals surface area contributed by atoms with Gasteiger partial charge in [0.25, 0.3) is 0 Å². The van der Waals surface area contributed by atoms with Crippen LogP contribution in [-0.2, 0) is 13.0 Å². The van der Waals surface area contributed by atoms with E-state index in [-0.39, 0.29) is 0 Å². The van der Waals surface area contributed by atoms with Crippen molar-refractivity contribution in [1.82, 2.24) is 20.0 Å². The van der Waals surface area contributed by atoms with E-state index in [0.29, 0.717) is 0 Å². The molecule has 0 fully saturated rings. The zero-order valence-corrected chi connectivity index (χ0v) is 13.2. The van der Waals surface area contributed by atoms with Crippen LogP contribution in [0.2, 0.25) is 0 Å². The Morgan fingerprint density at radius 2 is 1.91 bits per heavy atom. The van der Waals surface area contributed by atoms with Crippen molar-refractivity contribution in [1.29, 1.82) is 0 Å². The Hall–Kier alpha value is -2.82. The zero-order valence-electron chi connectivity index (χ0n) is 13.2. The predicted octanol–water partition coefficient (Wildman–Crippen LogP) is 2.24. The number of fused-ring (bicyclic) bond motifs is 1. The van der Waals surface area contributed by atoms with Gasteiger partial charge in [-0.3, -0.25) is 4.99 Å². The third-order valence-electron chi connectivity index (χ3n) is 3.61. The van der Waals surface area contributed by atoms with Gasteiger partial charge in [-0.2, -0.15) is 0 Å². The molecule has 1 aromatic carbocycles. The molecule has 2 N–H and O–H groups in total. The highest BCUT2D eigenvalue weighted by molar-refractivity contribution is 5.79. The van der Waals surface area contributed by atoms with Crippen molar-refractivity contribution >= 4 is 11.6 Å². The Morgan fingerprint density at radius 1 is 1.09 bits per heavy atom. The Balaban J connectivity index is 1.48. The van der Waals surface area contributed by atoms with Crippen LogP contribution in [0, 0.1) is 0 Å². The molecule has 0 saturated heterocycles. The fourth-order valence-electron chi connectivity index (χ4n) is 2.42. The Bertz CT molecular complexity index is 743.